The van der Waals surface area contributed by atoms with Gasteiger partial charge in [-0.1, -0.05) is 0 Å². The van der Waals surface area contributed by atoms with Crippen LogP contribution in [0.3, 0.4) is 0 Å². The molecule has 2 N–H and O–H groups in total. The number of halogens is 2. The first-order chi connectivity index (χ1) is 16.8. The number of nitrogens with zero attached hydrogens (tertiary/aromatic N) is 2. The first kappa shape index (κ1) is 25.9. The summed E-state index contributed by atoms with van der Waals surface area (Å²) in [4.78, 5) is 25.3. The third kappa shape index (κ3) is 5.87. The number of aromatic nitrogens is 2. The molecule has 11 nitrogen and oxygen atoms in total. The van der Waals surface area contributed by atoms with Crippen LogP contribution in [0, 0.1) is 0 Å². The van der Waals surface area contributed by atoms with Crippen LogP contribution in [0.15, 0.2) is 39.7 Å². The van der Waals surface area contributed by atoms with E-state index in [1.807, 2.05) is 6.07 Å². The summed E-state index contributed by atoms with van der Waals surface area (Å²) in [5, 5.41) is 12.3. The lowest BCUT2D eigenvalue weighted by Crippen LogP contribution is -2.35. The first-order valence-corrected chi connectivity index (χ1v) is 10.4. The Kier molecular flexibility index (Phi) is 8.25. The molecule has 2 aromatic heterocycles. The Morgan fingerprint density at radius 3 is 2.66 bits per heavy atom. The van der Waals surface area contributed by atoms with E-state index in [4.69, 9.17) is 23.7 Å². The fraction of sp³-hybridized carbons (Fsp3) is 0.409. The minimum atomic E-state index is -3.21. The monoisotopic (exact) mass is 497 g/mol. The smallest absolute Gasteiger partial charge is 0.351 e. The van der Waals surface area contributed by atoms with Crippen LogP contribution in [-0.2, 0) is 20.9 Å². The summed E-state index contributed by atoms with van der Waals surface area (Å²) in [6, 6.07) is 6.74. The van der Waals surface area contributed by atoms with Gasteiger partial charge < -0.3 is 33.8 Å². The summed E-state index contributed by atoms with van der Waals surface area (Å²) in [5.41, 5.74) is -0.220. The zero-order valence-electron chi connectivity index (χ0n) is 19.2. The number of hydrogen-bond donors (Lipinski definition) is 2. The predicted octanol–water partition coefficient (Wildman–Crippen LogP) is 2.32. The van der Waals surface area contributed by atoms with Gasteiger partial charge in [0, 0.05) is 31.1 Å². The largest absolute Gasteiger partial charge is 0.497 e. The van der Waals surface area contributed by atoms with Crippen LogP contribution >= 0.6 is 0 Å². The number of anilines is 1. The van der Waals surface area contributed by atoms with Crippen molar-refractivity contribution < 1.29 is 42.0 Å². The molecule has 0 aliphatic carbocycles. The van der Waals surface area contributed by atoms with Gasteiger partial charge in [0.05, 0.1) is 26.9 Å². The molecule has 4 rings (SSSR count). The van der Waals surface area contributed by atoms with Crippen LogP contribution in [0.1, 0.15) is 18.4 Å². The van der Waals surface area contributed by atoms with Gasteiger partial charge in [0.1, 0.15) is 23.9 Å². The van der Waals surface area contributed by atoms with Gasteiger partial charge in [0.2, 0.25) is 6.23 Å². The maximum atomic E-state index is 13.7. The summed E-state index contributed by atoms with van der Waals surface area (Å²) < 4.78 is 53.5. The summed E-state index contributed by atoms with van der Waals surface area (Å²) in [5.74, 6) is -1.11. The Bertz CT molecular complexity index is 1210. The topological polar surface area (TPSA) is 134 Å². The normalized spacial score (nSPS) is 18.5. The van der Waals surface area contributed by atoms with E-state index in [-0.39, 0.29) is 12.4 Å². The predicted molar refractivity (Wildman–Crippen MR) is 119 cm³/mol. The molecule has 2 atom stereocenters. The summed E-state index contributed by atoms with van der Waals surface area (Å²) in [6.45, 7) is -0.0302. The molecule has 35 heavy (non-hydrogen) atoms. The molecular weight excluding hydrogens is 472 g/mol. The van der Waals surface area contributed by atoms with Crippen molar-refractivity contribution in [2.75, 3.05) is 33.2 Å². The molecule has 0 radical (unpaired) electrons. The van der Waals surface area contributed by atoms with E-state index in [9.17, 15) is 18.4 Å². The molecule has 1 aliphatic rings. The molecule has 190 valence electrons. The molecule has 1 saturated heterocycles. The van der Waals surface area contributed by atoms with Crippen LogP contribution in [0.2, 0.25) is 0 Å². The third-order valence-electron chi connectivity index (χ3n) is 5.08. The van der Waals surface area contributed by atoms with Gasteiger partial charge in [0.15, 0.2) is 11.3 Å². The number of alkyl halides is 2. The van der Waals surface area contributed by atoms with Gasteiger partial charge in [0.25, 0.3) is 12.4 Å². The van der Waals surface area contributed by atoms with Gasteiger partial charge >= 0.3 is 5.69 Å². The average Bonchev–Trinajstić information content (AvgIpc) is 3.41. The van der Waals surface area contributed by atoms with Crippen molar-refractivity contribution in [3.8, 4) is 11.5 Å². The summed E-state index contributed by atoms with van der Waals surface area (Å²) >= 11 is 0. The maximum absolute atomic E-state index is 13.7. The highest BCUT2D eigenvalue weighted by Gasteiger charge is 2.51. The van der Waals surface area contributed by atoms with Crippen LogP contribution in [0.25, 0.3) is 11.0 Å². The van der Waals surface area contributed by atoms with Crippen molar-refractivity contribution in [2.45, 2.75) is 31.3 Å². The Hall–Kier alpha value is -3.71. The van der Waals surface area contributed by atoms with Crippen molar-refractivity contribution >= 4 is 23.3 Å². The summed E-state index contributed by atoms with van der Waals surface area (Å²) in [6.07, 6.45) is -2.12. The highest BCUT2D eigenvalue weighted by atomic mass is 19.3. The molecule has 1 aromatic carbocycles. The Balaban J connectivity index is 0.000000196. The van der Waals surface area contributed by atoms with Crippen molar-refractivity contribution in [1.29, 1.82) is 0 Å². The number of aliphatic hydroxyl groups is 1. The molecular formula is C22H25F2N3O8. The second-order valence-corrected chi connectivity index (χ2v) is 7.38. The first-order valence-electron chi connectivity index (χ1n) is 10.4. The molecule has 3 aromatic rings. The minimum Gasteiger partial charge on any atom is -0.497 e. The lowest BCUT2D eigenvalue weighted by Gasteiger charge is -2.19. The molecule has 13 heteroatoms. The molecule has 1 aliphatic heterocycles. The lowest BCUT2D eigenvalue weighted by molar-refractivity contribution is -0.130. The number of methoxy groups -OCH3 is 2. The Morgan fingerprint density at radius 1 is 1.31 bits per heavy atom. The number of furan rings is 1. The highest BCUT2D eigenvalue weighted by molar-refractivity contribution is 5.85. The number of ether oxygens (including phenoxy) is 4. The third-order valence-corrected chi connectivity index (χ3v) is 5.08. The van der Waals surface area contributed by atoms with E-state index < -0.39 is 37.0 Å². The highest BCUT2D eigenvalue weighted by Crippen LogP contribution is 2.41. The van der Waals surface area contributed by atoms with Crippen molar-refractivity contribution in [3.05, 3.63) is 46.7 Å². The second-order valence-electron chi connectivity index (χ2n) is 7.38. The molecule has 0 saturated carbocycles. The molecule has 0 bridgehead atoms. The maximum Gasteiger partial charge on any atom is 0.351 e. The number of rotatable bonds is 8. The van der Waals surface area contributed by atoms with Crippen LogP contribution in [0.4, 0.5) is 14.6 Å². The standard InChI is InChI=1S/C12H12O5.C10H13F2N3O3/c1-14-9-3-8-4-10(6-16-7-13)17-12(8)11(5-9)15-2;1-13-7-2-3-15(9(17)14-7)8-10(11,12)4-6(5-16)18-8/h3-5,7H,6H2,1-2H3;2-3,6,8,16H,4-5H2,1H3,(H,13,14,17). The van der Waals surface area contributed by atoms with Crippen molar-refractivity contribution in [1.82, 2.24) is 9.55 Å². The van der Waals surface area contributed by atoms with Gasteiger partial charge in [-0.3, -0.25) is 9.36 Å². The van der Waals surface area contributed by atoms with Gasteiger partial charge in [-0.25, -0.2) is 13.6 Å². The van der Waals surface area contributed by atoms with E-state index in [1.165, 1.54) is 12.3 Å². The zero-order chi connectivity index (χ0) is 25.6. The SMILES string of the molecule is CNc1ccn(C2OC(CO)CC2(F)F)c(=O)n1.COc1cc(OC)c2oc(COC=O)cc2c1. The van der Waals surface area contributed by atoms with Crippen LogP contribution in [-0.4, -0.2) is 61.0 Å². The quantitative estimate of drug-likeness (QED) is 0.447. The van der Waals surface area contributed by atoms with Gasteiger partial charge in [-0.2, -0.15) is 4.98 Å². The molecule has 0 amide bonds. The minimum absolute atomic E-state index is 0.101. The van der Waals surface area contributed by atoms with Gasteiger partial charge in [-0.15, -0.1) is 0 Å². The molecule has 1 fully saturated rings. The summed E-state index contributed by atoms with van der Waals surface area (Å²) in [7, 11) is 4.70. The average molecular weight is 497 g/mol. The number of fused-ring (bicyclic) bond motifs is 1. The Labute approximate surface area is 198 Å². The van der Waals surface area contributed by atoms with E-state index in [0.29, 0.717) is 29.3 Å². The van der Waals surface area contributed by atoms with E-state index in [0.717, 1.165) is 9.95 Å². The Morgan fingerprint density at radius 2 is 2.09 bits per heavy atom. The fourth-order valence-electron chi connectivity index (χ4n) is 3.45. The van der Waals surface area contributed by atoms with Crippen molar-refractivity contribution in [3.63, 3.8) is 0 Å². The fourth-order valence-corrected chi connectivity index (χ4v) is 3.45. The molecule has 3 heterocycles. The number of carbonyl (C=O) groups excluding carboxylic acids is 1. The van der Waals surface area contributed by atoms with Gasteiger partial charge in [-0.05, 0) is 18.2 Å². The van der Waals surface area contributed by atoms with E-state index in [1.54, 1.807) is 33.4 Å². The lowest BCUT2D eigenvalue weighted by atomic mass is 10.2. The number of carbonyl (C=O) groups is 1. The number of hydrogen-bond acceptors (Lipinski definition) is 10. The van der Waals surface area contributed by atoms with Crippen molar-refractivity contribution in [2.24, 2.45) is 0 Å². The zero-order valence-corrected chi connectivity index (χ0v) is 19.2. The number of aliphatic hydroxyl groups excluding tert-OH is 1. The molecule has 2 unspecified atom stereocenters. The second kappa shape index (κ2) is 11.1. The van der Waals surface area contributed by atoms with Crippen LogP contribution < -0.4 is 20.5 Å². The van der Waals surface area contributed by atoms with Crippen LogP contribution in [0.5, 0.6) is 11.5 Å². The number of benzene rings is 1. The van der Waals surface area contributed by atoms with E-state index >= 15 is 0 Å². The van der Waals surface area contributed by atoms with E-state index in [2.05, 4.69) is 15.0 Å². The number of nitrogens with one attached hydrogen (secondary N) is 1. The molecule has 0 spiro atoms.